The summed E-state index contributed by atoms with van der Waals surface area (Å²) in [7, 11) is 1.61. The van der Waals surface area contributed by atoms with E-state index >= 15 is 0 Å². The van der Waals surface area contributed by atoms with Crippen molar-refractivity contribution in [2.75, 3.05) is 18.2 Å². The van der Waals surface area contributed by atoms with Crippen LogP contribution in [0.4, 0.5) is 11.4 Å². The Morgan fingerprint density at radius 2 is 2.18 bits per heavy atom. The van der Waals surface area contributed by atoms with Gasteiger partial charge >= 0.3 is 0 Å². The summed E-state index contributed by atoms with van der Waals surface area (Å²) in [5.41, 5.74) is 8.16. The summed E-state index contributed by atoms with van der Waals surface area (Å²) < 4.78 is 10.2. The van der Waals surface area contributed by atoms with E-state index in [1.54, 1.807) is 13.2 Å². The van der Waals surface area contributed by atoms with Crippen LogP contribution in [0.3, 0.4) is 0 Å². The first kappa shape index (κ1) is 11.3. The third-order valence-corrected chi connectivity index (χ3v) is 2.31. The molecule has 2 aromatic rings. The molecule has 1 aromatic heterocycles. The number of aryl methyl sites for hydroxylation is 1. The minimum Gasteiger partial charge on any atom is -0.497 e. The summed E-state index contributed by atoms with van der Waals surface area (Å²) in [5, 5.41) is 7.01. The Labute approximate surface area is 99.6 Å². The van der Waals surface area contributed by atoms with Crippen LogP contribution < -0.4 is 15.8 Å². The van der Waals surface area contributed by atoms with Crippen molar-refractivity contribution in [3.05, 3.63) is 35.7 Å². The first-order chi connectivity index (χ1) is 8.17. The van der Waals surface area contributed by atoms with Gasteiger partial charge < -0.3 is 20.3 Å². The van der Waals surface area contributed by atoms with E-state index in [0.717, 1.165) is 22.9 Å². The van der Waals surface area contributed by atoms with Crippen LogP contribution in [0.25, 0.3) is 0 Å². The van der Waals surface area contributed by atoms with Crippen LogP contribution in [0.5, 0.6) is 5.75 Å². The Hall–Kier alpha value is -2.17. The van der Waals surface area contributed by atoms with Crippen molar-refractivity contribution in [3.8, 4) is 5.75 Å². The molecule has 0 atom stereocenters. The van der Waals surface area contributed by atoms with E-state index in [9.17, 15) is 0 Å². The van der Waals surface area contributed by atoms with E-state index in [4.69, 9.17) is 15.0 Å². The Kier molecular flexibility index (Phi) is 3.18. The maximum atomic E-state index is 5.75. The molecular weight excluding hydrogens is 218 g/mol. The number of nitrogens with two attached hydrogens (primary N) is 1. The van der Waals surface area contributed by atoms with Crippen LogP contribution in [0, 0.1) is 6.92 Å². The zero-order chi connectivity index (χ0) is 12.3. The highest BCUT2D eigenvalue weighted by molar-refractivity contribution is 5.59. The average Bonchev–Trinajstić information content (AvgIpc) is 2.72. The number of ether oxygens (including phenoxy) is 1. The monoisotopic (exact) mass is 233 g/mol. The van der Waals surface area contributed by atoms with Gasteiger partial charge in [-0.05, 0) is 13.0 Å². The molecule has 0 aliphatic carbocycles. The molecular formula is C12H15N3O2. The van der Waals surface area contributed by atoms with Crippen molar-refractivity contribution >= 4 is 11.4 Å². The number of nitrogens with one attached hydrogen (secondary N) is 1. The summed E-state index contributed by atoms with van der Waals surface area (Å²) in [6, 6.07) is 7.37. The lowest BCUT2D eigenvalue weighted by Crippen LogP contribution is -1.99. The molecule has 0 spiro atoms. The zero-order valence-electron chi connectivity index (χ0n) is 9.86. The topological polar surface area (TPSA) is 73.3 Å². The van der Waals surface area contributed by atoms with Gasteiger partial charge in [-0.1, -0.05) is 5.16 Å². The van der Waals surface area contributed by atoms with Crippen LogP contribution in [0.1, 0.15) is 11.5 Å². The summed E-state index contributed by atoms with van der Waals surface area (Å²) in [5.74, 6) is 1.50. The molecule has 90 valence electrons. The van der Waals surface area contributed by atoms with Crippen LogP contribution in [-0.2, 0) is 6.54 Å². The molecule has 5 heteroatoms. The molecule has 0 radical (unpaired) electrons. The normalized spacial score (nSPS) is 10.2. The number of benzene rings is 1. The molecule has 0 amide bonds. The first-order valence-corrected chi connectivity index (χ1v) is 5.28. The largest absolute Gasteiger partial charge is 0.497 e. The van der Waals surface area contributed by atoms with Crippen molar-refractivity contribution in [1.29, 1.82) is 0 Å². The number of nitrogen functional groups attached to an aromatic ring is 1. The van der Waals surface area contributed by atoms with E-state index in [1.165, 1.54) is 0 Å². The average molecular weight is 233 g/mol. The highest BCUT2D eigenvalue weighted by atomic mass is 16.5. The molecule has 0 fully saturated rings. The molecule has 17 heavy (non-hydrogen) atoms. The van der Waals surface area contributed by atoms with Crippen LogP contribution in [0.2, 0.25) is 0 Å². The second-order valence-electron chi connectivity index (χ2n) is 3.78. The van der Waals surface area contributed by atoms with Crippen LogP contribution >= 0.6 is 0 Å². The van der Waals surface area contributed by atoms with E-state index in [1.807, 2.05) is 25.1 Å². The summed E-state index contributed by atoms with van der Waals surface area (Å²) in [6.07, 6.45) is 0. The number of anilines is 2. The molecule has 3 N–H and O–H groups in total. The van der Waals surface area contributed by atoms with Crippen LogP contribution in [0.15, 0.2) is 28.8 Å². The minimum absolute atomic E-state index is 0.563. The van der Waals surface area contributed by atoms with Gasteiger partial charge in [0.05, 0.1) is 19.3 Å². The fourth-order valence-corrected chi connectivity index (χ4v) is 1.53. The summed E-state index contributed by atoms with van der Waals surface area (Å²) in [6.45, 7) is 2.45. The molecule has 0 aliphatic heterocycles. The molecule has 5 nitrogen and oxygen atoms in total. The van der Waals surface area contributed by atoms with Gasteiger partial charge in [0, 0.05) is 29.6 Å². The van der Waals surface area contributed by atoms with Crippen molar-refractivity contribution in [2.45, 2.75) is 13.5 Å². The Balaban J connectivity index is 2.05. The van der Waals surface area contributed by atoms with Gasteiger partial charge in [0.15, 0.2) is 5.76 Å². The molecule has 0 unspecified atom stereocenters. The van der Waals surface area contributed by atoms with E-state index in [0.29, 0.717) is 12.2 Å². The number of aromatic nitrogens is 1. The fraction of sp³-hybridized carbons (Fsp3) is 0.250. The second kappa shape index (κ2) is 4.78. The summed E-state index contributed by atoms with van der Waals surface area (Å²) >= 11 is 0. The van der Waals surface area contributed by atoms with Gasteiger partial charge in [-0.25, -0.2) is 0 Å². The van der Waals surface area contributed by atoms with Crippen molar-refractivity contribution < 1.29 is 9.26 Å². The smallest absolute Gasteiger partial charge is 0.156 e. The third kappa shape index (κ3) is 2.90. The number of nitrogens with zero attached hydrogens (tertiary/aromatic N) is 1. The van der Waals surface area contributed by atoms with Gasteiger partial charge in [-0.15, -0.1) is 0 Å². The van der Waals surface area contributed by atoms with Crippen molar-refractivity contribution in [3.63, 3.8) is 0 Å². The SMILES string of the molecule is COc1cc(N)cc(NCc2cc(C)no2)c1. The number of rotatable bonds is 4. The van der Waals surface area contributed by atoms with E-state index in [-0.39, 0.29) is 0 Å². The van der Waals surface area contributed by atoms with Gasteiger partial charge in [-0.2, -0.15) is 0 Å². The molecule has 1 heterocycles. The standard InChI is InChI=1S/C12H15N3O2/c1-8-3-12(17-15-8)7-14-10-4-9(13)5-11(6-10)16-2/h3-6,14H,7,13H2,1-2H3. The molecule has 0 saturated heterocycles. The molecule has 1 aromatic carbocycles. The highest BCUT2D eigenvalue weighted by Crippen LogP contribution is 2.22. The Bertz CT molecular complexity index is 508. The van der Waals surface area contributed by atoms with Gasteiger partial charge in [0.2, 0.25) is 0 Å². The number of hydrogen-bond acceptors (Lipinski definition) is 5. The maximum absolute atomic E-state index is 5.75. The fourth-order valence-electron chi connectivity index (χ4n) is 1.53. The maximum Gasteiger partial charge on any atom is 0.156 e. The van der Waals surface area contributed by atoms with Gasteiger partial charge in [-0.3, -0.25) is 0 Å². The first-order valence-electron chi connectivity index (χ1n) is 5.28. The van der Waals surface area contributed by atoms with E-state index in [2.05, 4.69) is 10.5 Å². The van der Waals surface area contributed by atoms with E-state index < -0.39 is 0 Å². The lowest BCUT2D eigenvalue weighted by atomic mass is 10.2. The lowest BCUT2D eigenvalue weighted by Gasteiger charge is -2.07. The second-order valence-corrected chi connectivity index (χ2v) is 3.78. The third-order valence-electron chi connectivity index (χ3n) is 2.31. The van der Waals surface area contributed by atoms with Crippen LogP contribution in [-0.4, -0.2) is 12.3 Å². The van der Waals surface area contributed by atoms with Crippen molar-refractivity contribution in [1.82, 2.24) is 5.16 Å². The van der Waals surface area contributed by atoms with Gasteiger partial charge in [0.25, 0.3) is 0 Å². The highest BCUT2D eigenvalue weighted by Gasteiger charge is 2.02. The Morgan fingerprint density at radius 1 is 1.35 bits per heavy atom. The minimum atomic E-state index is 0.563. The molecule has 0 bridgehead atoms. The Morgan fingerprint density at radius 3 is 2.82 bits per heavy atom. The molecule has 0 saturated carbocycles. The predicted molar refractivity (Wildman–Crippen MR) is 66.0 cm³/mol. The zero-order valence-corrected chi connectivity index (χ0v) is 9.86. The van der Waals surface area contributed by atoms with Crippen molar-refractivity contribution in [2.24, 2.45) is 0 Å². The summed E-state index contributed by atoms with van der Waals surface area (Å²) in [4.78, 5) is 0. The number of hydrogen-bond donors (Lipinski definition) is 2. The lowest BCUT2D eigenvalue weighted by molar-refractivity contribution is 0.384. The number of methoxy groups -OCH3 is 1. The predicted octanol–water partition coefficient (Wildman–Crippen LogP) is 2.19. The quantitative estimate of drug-likeness (QED) is 0.792. The van der Waals surface area contributed by atoms with Gasteiger partial charge in [0.1, 0.15) is 5.75 Å². The molecule has 0 aliphatic rings. The molecule has 2 rings (SSSR count).